The molecule has 0 saturated carbocycles. The Balaban J connectivity index is 1.62. The molecule has 0 saturated heterocycles. The van der Waals surface area contributed by atoms with Crippen LogP contribution in [-0.2, 0) is 6.54 Å². The first kappa shape index (κ1) is 13.0. The molecule has 0 bridgehead atoms. The van der Waals surface area contributed by atoms with Crippen LogP contribution in [0.1, 0.15) is 10.5 Å². The van der Waals surface area contributed by atoms with E-state index in [2.05, 4.69) is 25.6 Å². The smallest absolute Gasteiger partial charge is 0.358 e. The van der Waals surface area contributed by atoms with Gasteiger partial charge in [-0.2, -0.15) is 0 Å². The molecule has 0 fully saturated rings. The first-order valence-corrected chi connectivity index (χ1v) is 6.31. The summed E-state index contributed by atoms with van der Waals surface area (Å²) in [5, 5.41) is 19.1. The van der Waals surface area contributed by atoms with Gasteiger partial charge in [-0.3, -0.25) is 4.98 Å². The van der Waals surface area contributed by atoms with Crippen molar-refractivity contribution in [3.8, 4) is 0 Å². The first-order valence-electron chi connectivity index (χ1n) is 6.31. The van der Waals surface area contributed by atoms with E-state index in [1.807, 2.05) is 24.3 Å². The summed E-state index contributed by atoms with van der Waals surface area (Å²) in [6.45, 7) is 1.02. The predicted molar refractivity (Wildman–Crippen MR) is 75.0 cm³/mol. The second kappa shape index (κ2) is 5.53. The Labute approximate surface area is 119 Å². The van der Waals surface area contributed by atoms with E-state index in [0.29, 0.717) is 18.9 Å². The summed E-state index contributed by atoms with van der Waals surface area (Å²) in [4.78, 5) is 19.4. The van der Waals surface area contributed by atoms with Gasteiger partial charge in [-0.25, -0.2) is 14.5 Å². The molecular weight excluding hydrogens is 272 g/mol. The van der Waals surface area contributed by atoms with Crippen molar-refractivity contribution < 1.29 is 9.90 Å². The van der Waals surface area contributed by atoms with Crippen LogP contribution in [0, 0.1) is 0 Å². The highest BCUT2D eigenvalue weighted by Crippen LogP contribution is 2.10. The number of nitrogens with zero attached hydrogens (tertiary/aromatic N) is 5. The fourth-order valence-corrected chi connectivity index (χ4v) is 1.85. The topological polar surface area (TPSA) is 106 Å². The average molecular weight is 284 g/mol. The van der Waals surface area contributed by atoms with Crippen LogP contribution in [0.5, 0.6) is 0 Å². The Morgan fingerprint density at radius 3 is 2.86 bits per heavy atom. The number of carbonyl (C=O) groups is 1. The van der Waals surface area contributed by atoms with Crippen LogP contribution in [0.4, 0.5) is 5.82 Å². The number of rotatable bonds is 5. The number of aromatic carboxylic acids is 1. The van der Waals surface area contributed by atoms with Crippen molar-refractivity contribution in [3.05, 3.63) is 42.4 Å². The summed E-state index contributed by atoms with van der Waals surface area (Å²) in [6.07, 6.45) is 3.04. The molecule has 8 nitrogen and oxygen atoms in total. The van der Waals surface area contributed by atoms with Crippen LogP contribution >= 0.6 is 0 Å². The van der Waals surface area contributed by atoms with Crippen LogP contribution in [0.15, 0.2) is 36.7 Å². The molecule has 0 aliphatic carbocycles. The molecule has 2 heterocycles. The van der Waals surface area contributed by atoms with Crippen LogP contribution in [0.3, 0.4) is 0 Å². The van der Waals surface area contributed by atoms with Gasteiger partial charge < -0.3 is 10.4 Å². The Morgan fingerprint density at radius 1 is 1.29 bits per heavy atom. The summed E-state index contributed by atoms with van der Waals surface area (Å²) >= 11 is 0. The maximum Gasteiger partial charge on any atom is 0.358 e. The van der Waals surface area contributed by atoms with Crippen molar-refractivity contribution in [2.24, 2.45) is 0 Å². The second-order valence-electron chi connectivity index (χ2n) is 4.34. The van der Waals surface area contributed by atoms with Crippen molar-refractivity contribution >= 4 is 22.8 Å². The largest absolute Gasteiger partial charge is 0.476 e. The molecule has 0 spiro atoms. The van der Waals surface area contributed by atoms with Gasteiger partial charge in [0.05, 0.1) is 30.0 Å². The van der Waals surface area contributed by atoms with E-state index < -0.39 is 5.97 Å². The molecule has 1 aromatic carbocycles. The summed E-state index contributed by atoms with van der Waals surface area (Å²) < 4.78 is 1.46. The number of carboxylic acids is 1. The van der Waals surface area contributed by atoms with E-state index in [1.54, 1.807) is 6.20 Å². The molecular formula is C13H12N6O2. The molecule has 8 heteroatoms. The Morgan fingerprint density at radius 2 is 2.10 bits per heavy atom. The molecule has 2 aromatic heterocycles. The van der Waals surface area contributed by atoms with Crippen molar-refractivity contribution in [3.63, 3.8) is 0 Å². The molecule has 0 aliphatic heterocycles. The fourth-order valence-electron chi connectivity index (χ4n) is 1.85. The van der Waals surface area contributed by atoms with Crippen LogP contribution < -0.4 is 5.32 Å². The molecule has 3 aromatic rings. The molecule has 0 aliphatic rings. The predicted octanol–water partition coefficient (Wildman–Crippen LogP) is 1.03. The van der Waals surface area contributed by atoms with Crippen molar-refractivity contribution in [2.45, 2.75) is 6.54 Å². The van der Waals surface area contributed by atoms with Gasteiger partial charge in [0.15, 0.2) is 5.69 Å². The lowest BCUT2D eigenvalue weighted by Crippen LogP contribution is -2.12. The van der Waals surface area contributed by atoms with Crippen LogP contribution in [0.25, 0.3) is 11.0 Å². The van der Waals surface area contributed by atoms with E-state index in [4.69, 9.17) is 5.11 Å². The number of hydrogen-bond donors (Lipinski definition) is 2. The minimum absolute atomic E-state index is 0.0690. The van der Waals surface area contributed by atoms with Gasteiger partial charge in [-0.05, 0) is 12.1 Å². The number of aromatic nitrogens is 5. The number of benzene rings is 1. The number of carboxylic acid groups (broad SMARTS) is 1. The number of nitrogens with one attached hydrogen (secondary N) is 1. The van der Waals surface area contributed by atoms with Gasteiger partial charge in [-0.15, -0.1) is 5.10 Å². The molecule has 0 amide bonds. The number of anilines is 1. The molecule has 106 valence electrons. The molecule has 3 rings (SSSR count). The maximum atomic E-state index is 10.7. The van der Waals surface area contributed by atoms with E-state index in [0.717, 1.165) is 11.0 Å². The molecule has 2 N–H and O–H groups in total. The zero-order valence-electron chi connectivity index (χ0n) is 11.0. The van der Waals surface area contributed by atoms with Gasteiger partial charge in [0.25, 0.3) is 0 Å². The van der Waals surface area contributed by atoms with Crippen molar-refractivity contribution in [1.82, 2.24) is 25.0 Å². The number of fused-ring (bicyclic) bond motifs is 1. The third-order valence-corrected chi connectivity index (χ3v) is 2.85. The van der Waals surface area contributed by atoms with Gasteiger partial charge in [0, 0.05) is 6.54 Å². The average Bonchev–Trinajstić information content (AvgIpc) is 2.96. The lowest BCUT2D eigenvalue weighted by molar-refractivity contribution is 0.0690. The second-order valence-corrected chi connectivity index (χ2v) is 4.34. The monoisotopic (exact) mass is 284 g/mol. The summed E-state index contributed by atoms with van der Waals surface area (Å²) in [7, 11) is 0. The van der Waals surface area contributed by atoms with E-state index in [-0.39, 0.29) is 5.69 Å². The van der Waals surface area contributed by atoms with Gasteiger partial charge in [0.1, 0.15) is 5.82 Å². The van der Waals surface area contributed by atoms with Gasteiger partial charge in [-0.1, -0.05) is 17.3 Å². The standard InChI is InChI=1S/C13H12N6O2/c20-13(21)11-8-19(18-17-11)6-5-14-12-7-15-9-3-1-2-4-10(9)16-12/h1-4,7-8H,5-6H2,(H,14,16)(H,20,21). The van der Waals surface area contributed by atoms with Gasteiger partial charge >= 0.3 is 5.97 Å². The van der Waals surface area contributed by atoms with E-state index in [1.165, 1.54) is 10.9 Å². The minimum Gasteiger partial charge on any atom is -0.476 e. The van der Waals surface area contributed by atoms with E-state index >= 15 is 0 Å². The minimum atomic E-state index is -1.09. The quantitative estimate of drug-likeness (QED) is 0.720. The van der Waals surface area contributed by atoms with Gasteiger partial charge in [0.2, 0.25) is 0 Å². The lowest BCUT2D eigenvalue weighted by atomic mass is 10.3. The summed E-state index contributed by atoms with van der Waals surface area (Å²) in [5.41, 5.74) is 1.59. The Bertz CT molecular complexity index is 785. The molecule has 0 atom stereocenters. The fraction of sp³-hybridized carbons (Fsp3) is 0.154. The van der Waals surface area contributed by atoms with Crippen LogP contribution in [-0.4, -0.2) is 42.6 Å². The third kappa shape index (κ3) is 2.94. The zero-order valence-corrected chi connectivity index (χ0v) is 11.0. The highest BCUT2D eigenvalue weighted by molar-refractivity contribution is 5.84. The Hall–Kier alpha value is -3.03. The molecule has 21 heavy (non-hydrogen) atoms. The third-order valence-electron chi connectivity index (χ3n) is 2.85. The zero-order chi connectivity index (χ0) is 14.7. The van der Waals surface area contributed by atoms with Crippen molar-refractivity contribution in [2.75, 3.05) is 11.9 Å². The molecule has 0 radical (unpaired) electrons. The highest BCUT2D eigenvalue weighted by Gasteiger charge is 2.07. The van der Waals surface area contributed by atoms with E-state index in [9.17, 15) is 4.79 Å². The number of hydrogen-bond acceptors (Lipinski definition) is 6. The first-order chi connectivity index (χ1) is 10.2. The molecule has 0 unspecified atom stereocenters. The summed E-state index contributed by atoms with van der Waals surface area (Å²) in [6, 6.07) is 7.61. The maximum absolute atomic E-state index is 10.7. The Kier molecular flexibility index (Phi) is 3.42. The van der Waals surface area contributed by atoms with Crippen LogP contribution in [0.2, 0.25) is 0 Å². The highest BCUT2D eigenvalue weighted by atomic mass is 16.4. The van der Waals surface area contributed by atoms with Crippen molar-refractivity contribution in [1.29, 1.82) is 0 Å². The summed E-state index contributed by atoms with van der Waals surface area (Å²) in [5.74, 6) is -0.429. The lowest BCUT2D eigenvalue weighted by Gasteiger charge is -2.05. The normalized spacial score (nSPS) is 10.7. The SMILES string of the molecule is O=C(O)c1cn(CCNc2cnc3ccccc3n2)nn1. The number of para-hydroxylation sites is 2.